The van der Waals surface area contributed by atoms with E-state index in [1.807, 2.05) is 6.08 Å². The number of hydrogen-bond donors (Lipinski definition) is 3. The summed E-state index contributed by atoms with van der Waals surface area (Å²) in [4.78, 5) is 24.6. The number of unbranched alkanes of at least 4 members (excludes halogenated alkanes) is 53. The van der Waals surface area contributed by atoms with E-state index in [-0.39, 0.29) is 18.5 Å². The fourth-order valence-corrected chi connectivity index (χ4v) is 11.1. The van der Waals surface area contributed by atoms with Gasteiger partial charge in [-0.05, 0) is 57.8 Å². The third-order valence-corrected chi connectivity index (χ3v) is 16.5. The predicted molar refractivity (Wildman–Crippen MR) is 338 cm³/mol. The fourth-order valence-electron chi connectivity index (χ4n) is 11.1. The van der Waals surface area contributed by atoms with Gasteiger partial charge in [-0.25, -0.2) is 0 Å². The van der Waals surface area contributed by atoms with Gasteiger partial charge in [0.2, 0.25) is 5.91 Å². The van der Waals surface area contributed by atoms with Crippen LogP contribution in [0.3, 0.4) is 0 Å². The van der Waals surface area contributed by atoms with E-state index < -0.39 is 12.1 Å². The number of carbonyl (C=O) groups is 2. The molecule has 456 valence electrons. The Balaban J connectivity index is 3.39. The highest BCUT2D eigenvalue weighted by molar-refractivity contribution is 5.76. The van der Waals surface area contributed by atoms with Crippen LogP contribution in [0.4, 0.5) is 0 Å². The largest absolute Gasteiger partial charge is 0.466 e. The number of ether oxygens (including phenoxy) is 1. The van der Waals surface area contributed by atoms with Crippen molar-refractivity contribution in [3.8, 4) is 0 Å². The molecule has 0 aromatic heterocycles. The molecule has 0 aliphatic heterocycles. The molecule has 0 saturated heterocycles. The third kappa shape index (κ3) is 63.4. The van der Waals surface area contributed by atoms with Crippen molar-refractivity contribution in [1.82, 2.24) is 5.32 Å². The van der Waals surface area contributed by atoms with Gasteiger partial charge in [0, 0.05) is 12.8 Å². The predicted octanol–water partition coefficient (Wildman–Crippen LogP) is 22.5. The van der Waals surface area contributed by atoms with Gasteiger partial charge in [-0.2, -0.15) is 0 Å². The smallest absolute Gasteiger partial charge is 0.305 e. The molecule has 6 heteroatoms. The van der Waals surface area contributed by atoms with Gasteiger partial charge in [-0.1, -0.05) is 346 Å². The second kappa shape index (κ2) is 66.8. The molecule has 6 nitrogen and oxygen atoms in total. The van der Waals surface area contributed by atoms with Gasteiger partial charge >= 0.3 is 5.97 Å². The molecule has 2 atom stereocenters. The Morgan fingerprint density at radius 1 is 0.351 bits per heavy atom. The van der Waals surface area contributed by atoms with Gasteiger partial charge in [0.25, 0.3) is 0 Å². The van der Waals surface area contributed by atoms with Crippen LogP contribution in [0.5, 0.6) is 0 Å². The molecule has 0 fully saturated rings. The number of aliphatic hydroxyl groups is 2. The lowest BCUT2D eigenvalue weighted by molar-refractivity contribution is -0.143. The summed E-state index contributed by atoms with van der Waals surface area (Å²) in [6.07, 6.45) is 83.9. The minimum absolute atomic E-state index is 0.00839. The van der Waals surface area contributed by atoms with E-state index in [0.29, 0.717) is 19.4 Å². The molecular weight excluding hydrogens is 947 g/mol. The highest BCUT2D eigenvalue weighted by Gasteiger charge is 2.18. The van der Waals surface area contributed by atoms with Crippen LogP contribution in [-0.4, -0.2) is 47.4 Å². The van der Waals surface area contributed by atoms with Gasteiger partial charge < -0.3 is 20.3 Å². The van der Waals surface area contributed by atoms with E-state index in [1.165, 1.54) is 321 Å². The number of carbonyl (C=O) groups excluding carboxylic acids is 2. The van der Waals surface area contributed by atoms with Crippen LogP contribution >= 0.6 is 0 Å². The van der Waals surface area contributed by atoms with E-state index in [1.54, 1.807) is 6.08 Å². The average Bonchev–Trinajstić information content (AvgIpc) is 3.43. The SMILES string of the molecule is CCCCCCCCC/C=C\CCCCCCCC(=O)OCCCCCCCCCCCCCCCCCCCCCCCCCCC(=O)NC(CO)C(O)/C=C/CCCCCCCCCCCCCCCCCCCC. The first-order valence-electron chi connectivity index (χ1n) is 35.1. The first-order valence-corrected chi connectivity index (χ1v) is 35.1. The number of nitrogens with one attached hydrogen (secondary N) is 1. The summed E-state index contributed by atoms with van der Waals surface area (Å²) in [6.45, 7) is 4.94. The van der Waals surface area contributed by atoms with E-state index in [2.05, 4.69) is 31.3 Å². The number of amides is 1. The molecule has 0 aliphatic rings. The summed E-state index contributed by atoms with van der Waals surface area (Å²) < 4.78 is 5.49. The molecule has 0 bridgehead atoms. The summed E-state index contributed by atoms with van der Waals surface area (Å²) in [5.41, 5.74) is 0. The number of hydrogen-bond acceptors (Lipinski definition) is 5. The molecule has 3 N–H and O–H groups in total. The molecule has 2 unspecified atom stereocenters. The quantitative estimate of drug-likeness (QED) is 0.0320. The van der Waals surface area contributed by atoms with Crippen molar-refractivity contribution >= 4 is 11.9 Å². The first kappa shape index (κ1) is 75.3. The molecule has 0 spiro atoms. The van der Waals surface area contributed by atoms with Crippen molar-refractivity contribution in [2.24, 2.45) is 0 Å². The molecule has 0 rings (SSSR count). The minimum Gasteiger partial charge on any atom is -0.466 e. The Morgan fingerprint density at radius 2 is 0.610 bits per heavy atom. The summed E-state index contributed by atoms with van der Waals surface area (Å²) >= 11 is 0. The monoisotopic (exact) mass is 1080 g/mol. The zero-order chi connectivity index (χ0) is 55.7. The molecular formula is C71H137NO5. The molecule has 0 radical (unpaired) electrons. The normalized spacial score (nSPS) is 12.6. The van der Waals surface area contributed by atoms with Crippen LogP contribution in [0, 0.1) is 0 Å². The number of aliphatic hydroxyl groups excluding tert-OH is 2. The van der Waals surface area contributed by atoms with Gasteiger partial charge in [0.05, 0.1) is 25.4 Å². The average molecular weight is 1080 g/mol. The van der Waals surface area contributed by atoms with Crippen molar-refractivity contribution in [2.75, 3.05) is 13.2 Å². The number of rotatable bonds is 66. The Kier molecular flexibility index (Phi) is 65.4. The van der Waals surface area contributed by atoms with Crippen molar-refractivity contribution in [3.05, 3.63) is 24.3 Å². The van der Waals surface area contributed by atoms with Gasteiger partial charge in [0.1, 0.15) is 0 Å². The zero-order valence-electron chi connectivity index (χ0n) is 52.2. The molecule has 77 heavy (non-hydrogen) atoms. The van der Waals surface area contributed by atoms with Crippen LogP contribution in [0.2, 0.25) is 0 Å². The Hall–Kier alpha value is -1.66. The van der Waals surface area contributed by atoms with Gasteiger partial charge in [-0.3, -0.25) is 9.59 Å². The lowest BCUT2D eigenvalue weighted by Crippen LogP contribution is -2.45. The number of esters is 1. The fraction of sp³-hybridized carbons (Fsp3) is 0.915. The van der Waals surface area contributed by atoms with E-state index in [0.717, 1.165) is 44.9 Å². The van der Waals surface area contributed by atoms with Crippen molar-refractivity contribution in [2.45, 2.75) is 405 Å². The second-order valence-corrected chi connectivity index (χ2v) is 24.2. The van der Waals surface area contributed by atoms with Crippen molar-refractivity contribution < 1.29 is 24.5 Å². The van der Waals surface area contributed by atoms with Crippen LogP contribution in [0.25, 0.3) is 0 Å². The highest BCUT2D eigenvalue weighted by Crippen LogP contribution is 2.19. The second-order valence-electron chi connectivity index (χ2n) is 24.2. The Bertz CT molecular complexity index is 1200. The topological polar surface area (TPSA) is 95.9 Å². The van der Waals surface area contributed by atoms with Crippen molar-refractivity contribution in [1.29, 1.82) is 0 Å². The summed E-state index contributed by atoms with van der Waals surface area (Å²) in [7, 11) is 0. The maximum atomic E-state index is 12.5. The first-order chi connectivity index (χ1) is 38.0. The van der Waals surface area contributed by atoms with E-state index in [4.69, 9.17) is 4.74 Å². The summed E-state index contributed by atoms with van der Waals surface area (Å²) in [5, 5.41) is 23.2. The molecule has 0 aromatic carbocycles. The molecule has 0 aromatic rings. The Morgan fingerprint density at radius 3 is 0.922 bits per heavy atom. The molecule has 0 saturated carbocycles. The lowest BCUT2D eigenvalue weighted by atomic mass is 10.0. The van der Waals surface area contributed by atoms with Crippen LogP contribution in [0.15, 0.2) is 24.3 Å². The van der Waals surface area contributed by atoms with Crippen LogP contribution in [-0.2, 0) is 14.3 Å². The standard InChI is InChI=1S/C71H137NO5/c1-3-5-7-9-11-13-15-17-19-21-22-29-32-35-39-43-47-51-55-59-63-69(74)68(67-73)72-70(75)64-60-56-52-48-44-40-36-33-30-27-25-23-24-26-28-31-34-38-42-46-50-54-58-62-66-77-71(76)65-61-57-53-49-45-41-37-20-18-16-14-12-10-8-6-4-2/h20,37,59,63,68-69,73-74H,3-19,21-36,38-58,60-62,64-67H2,1-2H3,(H,72,75)/b37-20-,63-59+. The van der Waals surface area contributed by atoms with Crippen LogP contribution in [0.1, 0.15) is 393 Å². The number of allylic oxidation sites excluding steroid dienone is 3. The van der Waals surface area contributed by atoms with E-state index in [9.17, 15) is 19.8 Å². The summed E-state index contributed by atoms with van der Waals surface area (Å²) in [6, 6.07) is -0.628. The molecule has 0 heterocycles. The Labute approximate surface area is 481 Å². The van der Waals surface area contributed by atoms with Crippen molar-refractivity contribution in [3.63, 3.8) is 0 Å². The van der Waals surface area contributed by atoms with Crippen LogP contribution < -0.4 is 5.32 Å². The molecule has 0 aliphatic carbocycles. The van der Waals surface area contributed by atoms with Gasteiger partial charge in [0.15, 0.2) is 0 Å². The minimum atomic E-state index is -0.844. The maximum Gasteiger partial charge on any atom is 0.305 e. The molecule has 1 amide bonds. The van der Waals surface area contributed by atoms with E-state index >= 15 is 0 Å². The van der Waals surface area contributed by atoms with Gasteiger partial charge in [-0.15, -0.1) is 0 Å². The maximum absolute atomic E-state index is 12.5. The third-order valence-electron chi connectivity index (χ3n) is 16.5. The zero-order valence-corrected chi connectivity index (χ0v) is 52.2. The summed E-state index contributed by atoms with van der Waals surface area (Å²) in [5.74, 6) is -0.0546. The highest BCUT2D eigenvalue weighted by atomic mass is 16.5. The lowest BCUT2D eigenvalue weighted by Gasteiger charge is -2.20.